The molecular weight excluding hydrogens is 339 g/mol. The molecule has 1 aromatic carbocycles. The number of hydrogen-bond donors (Lipinski definition) is 0. The molecule has 0 radical (unpaired) electrons. The predicted molar refractivity (Wildman–Crippen MR) is 90.0 cm³/mol. The highest BCUT2D eigenvalue weighted by Gasteiger charge is 2.08. The molecule has 2 heterocycles. The van der Waals surface area contributed by atoms with Crippen LogP contribution in [-0.4, -0.2) is 9.97 Å². The lowest BCUT2D eigenvalue weighted by Gasteiger charge is -2.00. The summed E-state index contributed by atoms with van der Waals surface area (Å²) in [6, 6.07) is 9.14. The van der Waals surface area contributed by atoms with Crippen LogP contribution in [0.4, 0.5) is 5.13 Å². The van der Waals surface area contributed by atoms with E-state index in [9.17, 15) is 0 Å². The number of hydrogen-bond acceptors (Lipinski definition) is 5. The fourth-order valence-electron chi connectivity index (χ4n) is 1.80. The van der Waals surface area contributed by atoms with Crippen LogP contribution in [0.3, 0.4) is 0 Å². The molecule has 3 aromatic rings. The molecule has 0 aliphatic rings. The van der Waals surface area contributed by atoms with Gasteiger partial charge in [0.1, 0.15) is 0 Å². The van der Waals surface area contributed by atoms with Crippen molar-refractivity contribution in [2.24, 2.45) is 10.2 Å². The Bertz CT molecular complexity index is 802. The normalized spacial score (nSPS) is 11.2. The minimum Gasteiger partial charge on any atom is -0.264 e. The third-order valence-corrected chi connectivity index (χ3v) is 4.10. The lowest BCUT2D eigenvalue weighted by Crippen LogP contribution is -1.81. The summed E-state index contributed by atoms with van der Waals surface area (Å²) < 4.78 is 0. The van der Waals surface area contributed by atoms with Crippen molar-refractivity contribution < 1.29 is 0 Å². The highest BCUT2D eigenvalue weighted by molar-refractivity contribution is 7.13. The van der Waals surface area contributed by atoms with E-state index in [1.54, 1.807) is 24.5 Å². The maximum Gasteiger partial charge on any atom is 0.230 e. The van der Waals surface area contributed by atoms with Crippen LogP contribution in [0, 0.1) is 0 Å². The van der Waals surface area contributed by atoms with E-state index in [0.29, 0.717) is 21.7 Å². The molecule has 110 valence electrons. The second kappa shape index (κ2) is 6.96. The van der Waals surface area contributed by atoms with Gasteiger partial charge in [-0.25, -0.2) is 4.98 Å². The van der Waals surface area contributed by atoms with E-state index < -0.39 is 0 Å². The van der Waals surface area contributed by atoms with Crippen LogP contribution in [-0.2, 0) is 6.54 Å². The summed E-state index contributed by atoms with van der Waals surface area (Å²) in [6.45, 7) is 0.477. The summed E-state index contributed by atoms with van der Waals surface area (Å²) >= 11 is 13.5. The van der Waals surface area contributed by atoms with Crippen LogP contribution < -0.4 is 0 Å². The zero-order valence-electron chi connectivity index (χ0n) is 11.3. The molecule has 0 spiro atoms. The van der Waals surface area contributed by atoms with Gasteiger partial charge in [0, 0.05) is 28.4 Å². The molecule has 0 unspecified atom stereocenters. The quantitative estimate of drug-likeness (QED) is 0.559. The predicted octanol–water partition coefficient (Wildman–Crippen LogP) is 5.80. The number of azo groups is 1. The Kier molecular flexibility index (Phi) is 4.77. The zero-order chi connectivity index (χ0) is 15.4. The molecule has 0 amide bonds. The lowest BCUT2D eigenvalue weighted by molar-refractivity contribution is 0.946. The molecule has 2 aromatic heterocycles. The van der Waals surface area contributed by atoms with Crippen LogP contribution in [0.15, 0.2) is 58.3 Å². The van der Waals surface area contributed by atoms with Gasteiger partial charge in [0.15, 0.2) is 0 Å². The van der Waals surface area contributed by atoms with Gasteiger partial charge >= 0.3 is 0 Å². The Morgan fingerprint density at radius 1 is 1.18 bits per heavy atom. The largest absolute Gasteiger partial charge is 0.264 e. The first-order valence-electron chi connectivity index (χ1n) is 6.40. The Labute approximate surface area is 141 Å². The monoisotopic (exact) mass is 348 g/mol. The molecule has 0 aliphatic heterocycles. The van der Waals surface area contributed by atoms with Gasteiger partial charge in [-0.05, 0) is 29.8 Å². The summed E-state index contributed by atoms with van der Waals surface area (Å²) in [6.07, 6.45) is 3.49. The number of benzene rings is 1. The minimum absolute atomic E-state index is 0.477. The van der Waals surface area contributed by atoms with E-state index in [4.69, 9.17) is 23.2 Å². The van der Waals surface area contributed by atoms with Crippen LogP contribution in [0.5, 0.6) is 0 Å². The summed E-state index contributed by atoms with van der Waals surface area (Å²) in [5, 5.41) is 11.9. The second-order valence-electron chi connectivity index (χ2n) is 4.40. The Hall–Kier alpha value is -1.82. The fourth-order valence-corrected chi connectivity index (χ4v) is 2.96. The molecule has 7 heteroatoms. The molecule has 0 N–H and O–H groups in total. The van der Waals surface area contributed by atoms with Crippen molar-refractivity contribution in [3.8, 4) is 11.3 Å². The van der Waals surface area contributed by atoms with Gasteiger partial charge in [-0.15, -0.1) is 16.5 Å². The van der Waals surface area contributed by atoms with Crippen LogP contribution >= 0.6 is 34.5 Å². The molecule has 0 aliphatic carbocycles. The highest BCUT2D eigenvalue weighted by Crippen LogP contribution is 2.33. The molecule has 0 saturated carbocycles. The van der Waals surface area contributed by atoms with Gasteiger partial charge in [0.2, 0.25) is 5.13 Å². The number of aromatic nitrogens is 2. The lowest BCUT2D eigenvalue weighted by atomic mass is 10.2. The first-order valence-corrected chi connectivity index (χ1v) is 8.03. The van der Waals surface area contributed by atoms with Crippen molar-refractivity contribution in [2.45, 2.75) is 6.54 Å². The zero-order valence-corrected chi connectivity index (χ0v) is 13.6. The van der Waals surface area contributed by atoms with E-state index in [2.05, 4.69) is 20.2 Å². The highest BCUT2D eigenvalue weighted by atomic mass is 35.5. The molecule has 0 atom stereocenters. The summed E-state index contributed by atoms with van der Waals surface area (Å²) in [7, 11) is 0. The van der Waals surface area contributed by atoms with Crippen LogP contribution in [0.2, 0.25) is 10.0 Å². The molecule has 0 saturated heterocycles. The first kappa shape index (κ1) is 15.1. The van der Waals surface area contributed by atoms with E-state index in [1.807, 2.05) is 23.6 Å². The van der Waals surface area contributed by atoms with Crippen LogP contribution in [0.25, 0.3) is 11.3 Å². The Morgan fingerprint density at radius 3 is 2.86 bits per heavy atom. The van der Waals surface area contributed by atoms with Gasteiger partial charge in [-0.3, -0.25) is 4.98 Å². The smallest absolute Gasteiger partial charge is 0.230 e. The van der Waals surface area contributed by atoms with Gasteiger partial charge in [0.05, 0.1) is 17.3 Å². The van der Waals surface area contributed by atoms with Gasteiger partial charge in [0.25, 0.3) is 0 Å². The molecule has 0 bridgehead atoms. The fraction of sp³-hybridized carbons (Fsp3) is 0.0667. The Morgan fingerprint density at radius 2 is 2.09 bits per heavy atom. The molecule has 4 nitrogen and oxygen atoms in total. The molecular formula is C15H10Cl2N4S. The SMILES string of the molecule is Clc1ccc(-c2csc(N=NCc3cccnc3)n2)c(Cl)c1. The third-order valence-electron chi connectivity index (χ3n) is 2.83. The van der Waals surface area contributed by atoms with Gasteiger partial charge in [-0.1, -0.05) is 29.3 Å². The topological polar surface area (TPSA) is 50.5 Å². The number of rotatable bonds is 4. The number of halogens is 2. The van der Waals surface area contributed by atoms with Crippen molar-refractivity contribution in [2.75, 3.05) is 0 Å². The van der Waals surface area contributed by atoms with E-state index in [-0.39, 0.29) is 0 Å². The Balaban J connectivity index is 1.73. The molecule has 0 fully saturated rings. The average Bonchev–Trinajstić information content (AvgIpc) is 2.97. The van der Waals surface area contributed by atoms with Gasteiger partial charge in [-0.2, -0.15) is 5.11 Å². The average molecular weight is 349 g/mol. The van der Waals surface area contributed by atoms with Crippen molar-refractivity contribution in [1.82, 2.24) is 9.97 Å². The van der Waals surface area contributed by atoms with Crippen LogP contribution in [0.1, 0.15) is 5.56 Å². The van der Waals surface area contributed by atoms with Crippen molar-refractivity contribution in [3.05, 3.63) is 63.7 Å². The number of thiazole rings is 1. The summed E-state index contributed by atoms with van der Waals surface area (Å²) in [5.74, 6) is 0. The summed E-state index contributed by atoms with van der Waals surface area (Å²) in [4.78, 5) is 8.45. The number of pyridine rings is 1. The first-order chi connectivity index (χ1) is 10.7. The summed E-state index contributed by atoms with van der Waals surface area (Å²) in [5.41, 5.74) is 2.60. The number of nitrogens with zero attached hydrogens (tertiary/aromatic N) is 4. The van der Waals surface area contributed by atoms with Crippen molar-refractivity contribution >= 4 is 39.7 Å². The second-order valence-corrected chi connectivity index (χ2v) is 6.08. The maximum absolute atomic E-state index is 6.18. The minimum atomic E-state index is 0.477. The molecule has 22 heavy (non-hydrogen) atoms. The molecule has 3 rings (SSSR count). The van der Waals surface area contributed by atoms with E-state index in [1.165, 1.54) is 11.3 Å². The van der Waals surface area contributed by atoms with Gasteiger partial charge < -0.3 is 0 Å². The van der Waals surface area contributed by atoms with E-state index >= 15 is 0 Å². The van der Waals surface area contributed by atoms with E-state index in [0.717, 1.165) is 16.8 Å². The van der Waals surface area contributed by atoms with Crippen molar-refractivity contribution in [3.63, 3.8) is 0 Å². The standard InChI is InChI=1S/C15H10Cl2N4S/c16-11-3-4-12(13(17)6-11)14-9-22-15(20-14)21-19-8-10-2-1-5-18-7-10/h1-7,9H,8H2. The van der Waals surface area contributed by atoms with Crippen molar-refractivity contribution in [1.29, 1.82) is 0 Å². The third kappa shape index (κ3) is 3.68. The maximum atomic E-state index is 6.18.